The maximum absolute atomic E-state index is 10.7. The molecule has 2 N–H and O–H groups in total. The maximum Gasteiger partial charge on any atom is 0.371 e. The van der Waals surface area contributed by atoms with Crippen molar-refractivity contribution in [2.75, 3.05) is 0 Å². The van der Waals surface area contributed by atoms with Gasteiger partial charge in [0.1, 0.15) is 11.9 Å². The number of carbonyl (C=O) groups is 1. The first-order valence-electron chi connectivity index (χ1n) is 5.63. The van der Waals surface area contributed by atoms with E-state index < -0.39 is 12.1 Å². The van der Waals surface area contributed by atoms with Gasteiger partial charge in [-0.1, -0.05) is 29.8 Å². The van der Waals surface area contributed by atoms with Crippen molar-refractivity contribution in [2.45, 2.75) is 19.4 Å². The molecule has 0 aliphatic rings. The lowest BCUT2D eigenvalue weighted by atomic mass is 10.0. The number of aryl methyl sites for hydroxylation is 1. The van der Waals surface area contributed by atoms with Crippen LogP contribution >= 0.6 is 0 Å². The Morgan fingerprint density at radius 1 is 1.33 bits per heavy atom. The molecule has 94 valence electrons. The molecule has 0 amide bonds. The number of aromatic carboxylic acids is 1. The van der Waals surface area contributed by atoms with Crippen LogP contribution < -0.4 is 0 Å². The van der Waals surface area contributed by atoms with Crippen molar-refractivity contribution in [1.29, 1.82) is 0 Å². The second-order valence-electron chi connectivity index (χ2n) is 4.22. The maximum atomic E-state index is 10.7. The van der Waals surface area contributed by atoms with E-state index in [0.29, 0.717) is 6.42 Å². The van der Waals surface area contributed by atoms with Crippen LogP contribution in [0, 0.1) is 6.92 Å². The summed E-state index contributed by atoms with van der Waals surface area (Å²) in [5, 5.41) is 18.7. The zero-order chi connectivity index (χ0) is 13.1. The third kappa shape index (κ3) is 2.78. The molecule has 4 heteroatoms. The van der Waals surface area contributed by atoms with E-state index in [1.54, 1.807) is 0 Å². The molecule has 1 aromatic heterocycles. The molecule has 2 rings (SSSR count). The number of furan rings is 1. The summed E-state index contributed by atoms with van der Waals surface area (Å²) in [5.74, 6) is -1.02. The van der Waals surface area contributed by atoms with Gasteiger partial charge in [0.25, 0.3) is 0 Å². The minimum atomic E-state index is -1.14. The van der Waals surface area contributed by atoms with Crippen LogP contribution in [0.25, 0.3) is 0 Å². The van der Waals surface area contributed by atoms with E-state index in [9.17, 15) is 9.90 Å². The normalized spacial score (nSPS) is 12.3. The van der Waals surface area contributed by atoms with Gasteiger partial charge in [-0.05, 0) is 24.6 Å². The lowest BCUT2D eigenvalue weighted by molar-refractivity contribution is 0.0651. The SMILES string of the molecule is Cc1cccc(CC(O)c2ccc(C(=O)O)o2)c1. The van der Waals surface area contributed by atoms with E-state index in [0.717, 1.165) is 11.1 Å². The molecule has 18 heavy (non-hydrogen) atoms. The van der Waals surface area contributed by atoms with Crippen molar-refractivity contribution in [3.63, 3.8) is 0 Å². The fourth-order valence-corrected chi connectivity index (χ4v) is 1.81. The van der Waals surface area contributed by atoms with Gasteiger partial charge in [-0.3, -0.25) is 0 Å². The van der Waals surface area contributed by atoms with Crippen LogP contribution in [-0.2, 0) is 6.42 Å². The molecule has 0 bridgehead atoms. The highest BCUT2D eigenvalue weighted by molar-refractivity contribution is 5.84. The molecule has 0 saturated heterocycles. The number of hydrogen-bond donors (Lipinski definition) is 2. The highest BCUT2D eigenvalue weighted by Gasteiger charge is 2.16. The minimum absolute atomic E-state index is 0.159. The number of benzene rings is 1. The molecule has 1 atom stereocenters. The van der Waals surface area contributed by atoms with Gasteiger partial charge >= 0.3 is 5.97 Å². The molecular formula is C14H14O4. The number of hydrogen-bond acceptors (Lipinski definition) is 3. The van der Waals surface area contributed by atoms with E-state index in [4.69, 9.17) is 9.52 Å². The first kappa shape index (κ1) is 12.4. The Labute approximate surface area is 104 Å². The van der Waals surface area contributed by atoms with E-state index in [1.165, 1.54) is 12.1 Å². The van der Waals surface area contributed by atoms with Crippen molar-refractivity contribution < 1.29 is 19.4 Å². The van der Waals surface area contributed by atoms with E-state index in [1.807, 2.05) is 31.2 Å². The van der Waals surface area contributed by atoms with Gasteiger partial charge in [-0.2, -0.15) is 0 Å². The smallest absolute Gasteiger partial charge is 0.371 e. The van der Waals surface area contributed by atoms with E-state index in [-0.39, 0.29) is 11.5 Å². The number of carboxylic acid groups (broad SMARTS) is 1. The van der Waals surface area contributed by atoms with Crippen molar-refractivity contribution >= 4 is 5.97 Å². The molecule has 0 spiro atoms. The first-order valence-corrected chi connectivity index (χ1v) is 5.63. The summed E-state index contributed by atoms with van der Waals surface area (Å²) in [6.45, 7) is 1.98. The third-order valence-electron chi connectivity index (χ3n) is 2.68. The summed E-state index contributed by atoms with van der Waals surface area (Å²) in [7, 11) is 0. The summed E-state index contributed by atoms with van der Waals surface area (Å²) < 4.78 is 5.06. The molecular weight excluding hydrogens is 232 g/mol. The van der Waals surface area contributed by atoms with Crippen LogP contribution in [-0.4, -0.2) is 16.2 Å². The number of aliphatic hydroxyl groups is 1. The second-order valence-corrected chi connectivity index (χ2v) is 4.22. The Kier molecular flexibility index (Phi) is 3.48. The highest BCUT2D eigenvalue weighted by atomic mass is 16.4. The van der Waals surface area contributed by atoms with Gasteiger partial charge in [0, 0.05) is 6.42 Å². The minimum Gasteiger partial charge on any atom is -0.475 e. The standard InChI is InChI=1S/C14H14O4/c1-9-3-2-4-10(7-9)8-11(15)12-5-6-13(18-12)14(16)17/h2-7,11,15H,8H2,1H3,(H,16,17). The van der Waals surface area contributed by atoms with Crippen LogP contribution in [0.15, 0.2) is 40.8 Å². The first-order chi connectivity index (χ1) is 8.56. The predicted octanol–water partition coefficient (Wildman–Crippen LogP) is 2.56. The summed E-state index contributed by atoms with van der Waals surface area (Å²) >= 11 is 0. The molecule has 0 fully saturated rings. The predicted molar refractivity (Wildman–Crippen MR) is 65.5 cm³/mol. The van der Waals surface area contributed by atoms with Gasteiger partial charge in [0.05, 0.1) is 0 Å². The van der Waals surface area contributed by atoms with Crippen molar-refractivity contribution in [3.8, 4) is 0 Å². The van der Waals surface area contributed by atoms with E-state index in [2.05, 4.69) is 0 Å². The molecule has 0 aliphatic carbocycles. The zero-order valence-electron chi connectivity index (χ0n) is 9.96. The highest BCUT2D eigenvalue weighted by Crippen LogP contribution is 2.21. The topological polar surface area (TPSA) is 70.7 Å². The Bertz CT molecular complexity index is 556. The molecule has 0 radical (unpaired) electrons. The van der Waals surface area contributed by atoms with E-state index >= 15 is 0 Å². The molecule has 0 aliphatic heterocycles. The Morgan fingerprint density at radius 2 is 2.11 bits per heavy atom. The quantitative estimate of drug-likeness (QED) is 0.869. The fourth-order valence-electron chi connectivity index (χ4n) is 1.81. The Hall–Kier alpha value is -2.07. The van der Waals surface area contributed by atoms with Gasteiger partial charge in [-0.15, -0.1) is 0 Å². The Balaban J connectivity index is 2.11. The number of rotatable bonds is 4. The monoisotopic (exact) mass is 246 g/mol. The van der Waals surface area contributed by atoms with Crippen molar-refractivity contribution in [1.82, 2.24) is 0 Å². The molecule has 1 unspecified atom stereocenters. The number of aliphatic hydroxyl groups excluding tert-OH is 1. The molecule has 0 saturated carbocycles. The summed E-state index contributed by atoms with van der Waals surface area (Å²) in [5.41, 5.74) is 2.10. The lowest BCUT2D eigenvalue weighted by Crippen LogP contribution is -2.01. The largest absolute Gasteiger partial charge is 0.475 e. The van der Waals surface area contributed by atoms with Gasteiger partial charge in [0.15, 0.2) is 0 Å². The average molecular weight is 246 g/mol. The van der Waals surface area contributed by atoms with Crippen LogP contribution in [0.2, 0.25) is 0 Å². The summed E-state index contributed by atoms with van der Waals surface area (Å²) in [4.78, 5) is 10.7. The molecule has 4 nitrogen and oxygen atoms in total. The third-order valence-corrected chi connectivity index (χ3v) is 2.68. The number of carboxylic acids is 1. The van der Waals surface area contributed by atoms with Crippen molar-refractivity contribution in [2.24, 2.45) is 0 Å². The van der Waals surface area contributed by atoms with Gasteiger partial charge < -0.3 is 14.6 Å². The summed E-state index contributed by atoms with van der Waals surface area (Å²) in [6, 6.07) is 10.6. The average Bonchev–Trinajstić information content (AvgIpc) is 2.78. The lowest BCUT2D eigenvalue weighted by Gasteiger charge is -2.08. The van der Waals surface area contributed by atoms with Gasteiger partial charge in [0.2, 0.25) is 5.76 Å². The summed E-state index contributed by atoms with van der Waals surface area (Å²) in [6.07, 6.45) is -0.436. The molecule has 1 aromatic carbocycles. The fraction of sp³-hybridized carbons (Fsp3) is 0.214. The van der Waals surface area contributed by atoms with Crippen LogP contribution in [0.1, 0.15) is 33.5 Å². The molecule has 1 heterocycles. The zero-order valence-corrected chi connectivity index (χ0v) is 9.96. The Morgan fingerprint density at radius 3 is 2.72 bits per heavy atom. The van der Waals surface area contributed by atoms with Crippen LogP contribution in [0.4, 0.5) is 0 Å². The van der Waals surface area contributed by atoms with Gasteiger partial charge in [-0.25, -0.2) is 4.79 Å². The van der Waals surface area contributed by atoms with Crippen LogP contribution in [0.3, 0.4) is 0 Å². The van der Waals surface area contributed by atoms with Crippen LogP contribution in [0.5, 0.6) is 0 Å². The second kappa shape index (κ2) is 5.06. The van der Waals surface area contributed by atoms with Crippen molar-refractivity contribution in [3.05, 3.63) is 59.0 Å². The molecule has 2 aromatic rings.